The Kier molecular flexibility index (Phi) is 30.7. The first-order valence-electron chi connectivity index (χ1n) is 14.4. The Balaban J connectivity index is 0. The molecule has 0 aromatic rings. The van der Waals surface area contributed by atoms with Crippen LogP contribution in [0, 0.1) is 0 Å². The maximum atomic E-state index is 9.23. The Morgan fingerprint density at radius 1 is 0.364 bits per heavy atom. The molecule has 0 rings (SSSR count). The summed E-state index contributed by atoms with van der Waals surface area (Å²) in [5, 5.41) is 27.7. The molecular formula is C28H60BrNO3. The number of halogens is 1. The van der Waals surface area contributed by atoms with Crippen molar-refractivity contribution in [3.63, 3.8) is 0 Å². The number of aliphatic hydroxyl groups excluding tert-OH is 3. The summed E-state index contributed by atoms with van der Waals surface area (Å²) >= 11 is 0. The monoisotopic (exact) mass is 537 g/mol. The van der Waals surface area contributed by atoms with Gasteiger partial charge in [-0.05, 0) is 51.4 Å². The fourth-order valence-electron chi connectivity index (χ4n) is 4.99. The fourth-order valence-corrected chi connectivity index (χ4v) is 4.99. The first-order chi connectivity index (χ1) is 15.7. The molecule has 0 aliphatic heterocycles. The van der Waals surface area contributed by atoms with Gasteiger partial charge in [0, 0.05) is 19.8 Å². The van der Waals surface area contributed by atoms with Crippen LogP contribution in [-0.2, 0) is 0 Å². The molecule has 3 N–H and O–H groups in total. The van der Waals surface area contributed by atoms with Crippen LogP contribution >= 0.6 is 0 Å². The molecule has 0 aromatic heterocycles. The van der Waals surface area contributed by atoms with Crippen molar-refractivity contribution in [3.8, 4) is 0 Å². The highest BCUT2D eigenvalue weighted by Gasteiger charge is 2.25. The van der Waals surface area contributed by atoms with E-state index in [4.69, 9.17) is 0 Å². The van der Waals surface area contributed by atoms with Gasteiger partial charge in [0.25, 0.3) is 0 Å². The quantitative estimate of drug-likeness (QED) is 0.111. The SMILES string of the molecule is CCCCCCCCCCCCCCCC[N+](CCCCO)(CCCCO)CCCCO.[Br-]. The van der Waals surface area contributed by atoms with Crippen molar-refractivity contribution in [1.29, 1.82) is 0 Å². The molecule has 202 valence electrons. The van der Waals surface area contributed by atoms with Gasteiger partial charge in [0.05, 0.1) is 26.2 Å². The normalized spacial score (nSPS) is 11.6. The molecular weight excluding hydrogens is 478 g/mol. The van der Waals surface area contributed by atoms with E-state index in [2.05, 4.69) is 6.92 Å². The molecule has 0 heterocycles. The van der Waals surface area contributed by atoms with Crippen LogP contribution in [0.5, 0.6) is 0 Å². The number of aliphatic hydroxyl groups is 3. The van der Waals surface area contributed by atoms with E-state index in [0.29, 0.717) is 0 Å². The molecule has 33 heavy (non-hydrogen) atoms. The molecule has 0 atom stereocenters. The van der Waals surface area contributed by atoms with Gasteiger partial charge in [-0.2, -0.15) is 0 Å². The maximum Gasteiger partial charge on any atom is 0.0787 e. The van der Waals surface area contributed by atoms with Gasteiger partial charge in [-0.25, -0.2) is 0 Å². The number of rotatable bonds is 27. The van der Waals surface area contributed by atoms with E-state index >= 15 is 0 Å². The predicted octanol–water partition coefficient (Wildman–Crippen LogP) is 3.61. The second kappa shape index (κ2) is 28.6. The predicted molar refractivity (Wildman–Crippen MR) is 139 cm³/mol. The average molecular weight is 539 g/mol. The third kappa shape index (κ3) is 23.8. The molecule has 0 saturated heterocycles. The third-order valence-electron chi connectivity index (χ3n) is 7.11. The van der Waals surface area contributed by atoms with E-state index < -0.39 is 0 Å². The number of hydrogen-bond donors (Lipinski definition) is 3. The number of nitrogens with zero attached hydrogens (tertiary/aromatic N) is 1. The summed E-state index contributed by atoms with van der Waals surface area (Å²) in [4.78, 5) is 0. The van der Waals surface area contributed by atoms with Gasteiger partial charge in [0.2, 0.25) is 0 Å². The Morgan fingerprint density at radius 2 is 0.606 bits per heavy atom. The maximum absolute atomic E-state index is 9.23. The highest BCUT2D eigenvalue weighted by Crippen LogP contribution is 2.18. The highest BCUT2D eigenvalue weighted by molar-refractivity contribution is 4.54. The van der Waals surface area contributed by atoms with Crippen molar-refractivity contribution in [2.45, 2.75) is 135 Å². The standard InChI is InChI=1S/C28H60NO3.BrH/c1-2-3-4-5-6-7-8-9-10-11-12-13-14-15-22-29(23-16-19-26-30,24-17-20-27-31)25-18-21-28-32;/h30-32H,2-28H2,1H3;1H/q+1;/p-1. The van der Waals surface area contributed by atoms with Gasteiger partial charge in [-0.15, -0.1) is 0 Å². The number of hydrogen-bond acceptors (Lipinski definition) is 3. The van der Waals surface area contributed by atoms with E-state index in [1.807, 2.05) is 0 Å². The van der Waals surface area contributed by atoms with Crippen LogP contribution in [-0.4, -0.2) is 65.8 Å². The third-order valence-corrected chi connectivity index (χ3v) is 7.11. The minimum atomic E-state index is 0. The van der Waals surface area contributed by atoms with Gasteiger partial charge < -0.3 is 36.8 Å². The summed E-state index contributed by atoms with van der Waals surface area (Å²) in [5.41, 5.74) is 0. The molecule has 0 aliphatic carbocycles. The van der Waals surface area contributed by atoms with Crippen LogP contribution in [0.4, 0.5) is 0 Å². The zero-order valence-corrected chi connectivity index (χ0v) is 23.8. The number of unbranched alkanes of at least 4 members (excludes halogenated alkanes) is 16. The lowest BCUT2D eigenvalue weighted by molar-refractivity contribution is -0.929. The van der Waals surface area contributed by atoms with E-state index in [0.717, 1.165) is 62.6 Å². The van der Waals surface area contributed by atoms with Crippen LogP contribution in [0.2, 0.25) is 0 Å². The summed E-state index contributed by atoms with van der Waals surface area (Å²) in [5.74, 6) is 0. The molecule has 0 bridgehead atoms. The highest BCUT2D eigenvalue weighted by atomic mass is 79.9. The van der Waals surface area contributed by atoms with E-state index in [1.54, 1.807) is 0 Å². The molecule has 0 unspecified atom stereocenters. The number of quaternary nitrogens is 1. The summed E-state index contributed by atoms with van der Waals surface area (Å²) < 4.78 is 1.12. The van der Waals surface area contributed by atoms with Gasteiger partial charge in [0.1, 0.15) is 0 Å². The van der Waals surface area contributed by atoms with Gasteiger partial charge in [-0.1, -0.05) is 84.0 Å². The topological polar surface area (TPSA) is 60.7 Å². The molecule has 0 fully saturated rings. The lowest BCUT2D eigenvalue weighted by Crippen LogP contribution is -3.00. The fraction of sp³-hybridized carbons (Fsp3) is 1.00. The van der Waals surface area contributed by atoms with Crippen LogP contribution in [0.25, 0.3) is 0 Å². The lowest BCUT2D eigenvalue weighted by atomic mass is 10.0. The van der Waals surface area contributed by atoms with Crippen molar-refractivity contribution >= 4 is 0 Å². The Morgan fingerprint density at radius 3 is 0.879 bits per heavy atom. The second-order valence-electron chi connectivity index (χ2n) is 10.1. The van der Waals surface area contributed by atoms with Crippen LogP contribution in [0.1, 0.15) is 135 Å². The zero-order chi connectivity index (χ0) is 23.6. The second-order valence-corrected chi connectivity index (χ2v) is 10.1. The Labute approximate surface area is 217 Å². The first-order valence-corrected chi connectivity index (χ1v) is 14.4. The molecule has 0 amide bonds. The van der Waals surface area contributed by atoms with Crippen LogP contribution in [0.15, 0.2) is 0 Å². The van der Waals surface area contributed by atoms with Gasteiger partial charge in [0.15, 0.2) is 0 Å². The lowest BCUT2D eigenvalue weighted by Gasteiger charge is -2.39. The molecule has 5 heteroatoms. The van der Waals surface area contributed by atoms with Crippen molar-refractivity contribution in [2.75, 3.05) is 46.0 Å². The first kappa shape index (κ1) is 35.5. The van der Waals surface area contributed by atoms with E-state index in [-0.39, 0.29) is 36.8 Å². The van der Waals surface area contributed by atoms with Gasteiger partial charge in [-0.3, -0.25) is 0 Å². The summed E-state index contributed by atoms with van der Waals surface area (Å²) in [6.07, 6.45) is 25.4. The molecule has 0 radical (unpaired) electrons. The molecule has 4 nitrogen and oxygen atoms in total. The van der Waals surface area contributed by atoms with Crippen molar-refractivity contribution in [1.82, 2.24) is 0 Å². The van der Waals surface area contributed by atoms with Crippen molar-refractivity contribution in [3.05, 3.63) is 0 Å². The van der Waals surface area contributed by atoms with Crippen molar-refractivity contribution in [2.24, 2.45) is 0 Å². The Hall–Kier alpha value is 0.320. The van der Waals surface area contributed by atoms with E-state index in [1.165, 1.54) is 96.4 Å². The Bertz CT molecular complexity index is 332. The average Bonchev–Trinajstić information content (AvgIpc) is 2.80. The largest absolute Gasteiger partial charge is 1.00 e. The minimum Gasteiger partial charge on any atom is -1.00 e. The van der Waals surface area contributed by atoms with Crippen molar-refractivity contribution < 1.29 is 36.8 Å². The van der Waals surface area contributed by atoms with E-state index in [9.17, 15) is 15.3 Å². The smallest absolute Gasteiger partial charge is 0.0787 e. The molecule has 0 spiro atoms. The minimum absolute atomic E-state index is 0. The summed E-state index contributed by atoms with van der Waals surface area (Å²) in [6, 6.07) is 0. The molecule has 0 aromatic carbocycles. The summed E-state index contributed by atoms with van der Waals surface area (Å²) in [7, 11) is 0. The molecule has 0 aliphatic rings. The summed E-state index contributed by atoms with van der Waals surface area (Å²) in [6.45, 7) is 7.76. The van der Waals surface area contributed by atoms with Gasteiger partial charge >= 0.3 is 0 Å². The zero-order valence-electron chi connectivity index (χ0n) is 22.3. The van der Waals surface area contributed by atoms with Crippen LogP contribution in [0.3, 0.4) is 0 Å². The molecule has 0 saturated carbocycles. The van der Waals surface area contributed by atoms with Crippen LogP contribution < -0.4 is 17.0 Å².